The van der Waals surface area contributed by atoms with E-state index in [1.54, 1.807) is 6.08 Å². The lowest BCUT2D eigenvalue weighted by molar-refractivity contribution is 1.58. The van der Waals surface area contributed by atoms with Crippen LogP contribution in [0.15, 0.2) is 49.1 Å². The molecule has 0 fully saturated rings. The second kappa shape index (κ2) is 5.05. The number of allylic oxidation sites excluding steroid dienone is 5. The standard InChI is InChI=1S/C13H16N2/c1-3-5-6-10(4-2)11-7-8-12(14)13(15)9-11/h3-9H,1,14-15H2,2H3/b6-5-,10-4+. The van der Waals surface area contributed by atoms with Crippen LogP contribution in [0.3, 0.4) is 0 Å². The van der Waals surface area contributed by atoms with Gasteiger partial charge >= 0.3 is 0 Å². The van der Waals surface area contributed by atoms with Gasteiger partial charge in [-0.3, -0.25) is 0 Å². The Hall–Kier alpha value is -1.96. The Morgan fingerprint density at radius 1 is 1.27 bits per heavy atom. The van der Waals surface area contributed by atoms with Gasteiger partial charge in [0, 0.05) is 0 Å². The number of nitrogens with two attached hydrogens (primary N) is 2. The Morgan fingerprint density at radius 2 is 2.00 bits per heavy atom. The second-order valence-electron chi connectivity index (χ2n) is 3.18. The number of hydrogen-bond donors (Lipinski definition) is 2. The first kappa shape index (κ1) is 11.1. The summed E-state index contributed by atoms with van der Waals surface area (Å²) < 4.78 is 0. The lowest BCUT2D eigenvalue weighted by Gasteiger charge is -2.05. The maximum Gasteiger partial charge on any atom is 0.0554 e. The normalized spacial score (nSPS) is 11.9. The highest BCUT2D eigenvalue weighted by Crippen LogP contribution is 2.22. The number of benzene rings is 1. The van der Waals surface area contributed by atoms with E-state index in [1.165, 1.54) is 0 Å². The van der Waals surface area contributed by atoms with Crippen molar-refractivity contribution >= 4 is 16.9 Å². The second-order valence-corrected chi connectivity index (χ2v) is 3.18. The number of anilines is 2. The predicted molar refractivity (Wildman–Crippen MR) is 68.3 cm³/mol. The summed E-state index contributed by atoms with van der Waals surface area (Å²) in [4.78, 5) is 0. The third kappa shape index (κ3) is 2.74. The lowest BCUT2D eigenvalue weighted by Crippen LogP contribution is -1.95. The van der Waals surface area contributed by atoms with Crippen LogP contribution in [0.5, 0.6) is 0 Å². The van der Waals surface area contributed by atoms with Crippen molar-refractivity contribution in [1.29, 1.82) is 0 Å². The van der Waals surface area contributed by atoms with Crippen LogP contribution < -0.4 is 11.5 Å². The first-order chi connectivity index (χ1) is 7.19. The molecule has 2 heteroatoms. The zero-order valence-electron chi connectivity index (χ0n) is 8.90. The molecule has 1 aromatic carbocycles. The van der Waals surface area contributed by atoms with E-state index < -0.39 is 0 Å². The molecule has 78 valence electrons. The Balaban J connectivity index is 3.09. The Labute approximate surface area is 90.6 Å². The predicted octanol–water partition coefficient (Wildman–Crippen LogP) is 3.00. The van der Waals surface area contributed by atoms with Gasteiger partial charge in [0.1, 0.15) is 0 Å². The molecular formula is C13H16N2. The van der Waals surface area contributed by atoms with E-state index in [4.69, 9.17) is 11.5 Å². The largest absolute Gasteiger partial charge is 0.397 e. The number of rotatable bonds is 3. The molecule has 4 N–H and O–H groups in total. The molecule has 0 heterocycles. The van der Waals surface area contributed by atoms with Gasteiger partial charge < -0.3 is 11.5 Å². The number of hydrogen-bond acceptors (Lipinski definition) is 2. The maximum atomic E-state index is 5.75. The molecule has 0 aliphatic rings. The van der Waals surface area contributed by atoms with Crippen molar-refractivity contribution in [3.05, 3.63) is 54.6 Å². The molecule has 0 aromatic heterocycles. The molecule has 0 saturated heterocycles. The average molecular weight is 200 g/mol. The van der Waals surface area contributed by atoms with Crippen LogP contribution in [0.25, 0.3) is 5.57 Å². The zero-order valence-corrected chi connectivity index (χ0v) is 8.90. The summed E-state index contributed by atoms with van der Waals surface area (Å²) in [7, 11) is 0. The van der Waals surface area contributed by atoms with E-state index >= 15 is 0 Å². The molecule has 0 aliphatic carbocycles. The summed E-state index contributed by atoms with van der Waals surface area (Å²) in [6, 6.07) is 5.64. The van der Waals surface area contributed by atoms with Crippen molar-refractivity contribution in [2.75, 3.05) is 11.5 Å². The molecule has 0 amide bonds. The maximum absolute atomic E-state index is 5.75. The third-order valence-electron chi connectivity index (χ3n) is 2.14. The van der Waals surface area contributed by atoms with Crippen LogP contribution >= 0.6 is 0 Å². The van der Waals surface area contributed by atoms with E-state index in [1.807, 2.05) is 43.4 Å². The van der Waals surface area contributed by atoms with E-state index in [-0.39, 0.29) is 0 Å². The Kier molecular flexibility index (Phi) is 3.75. The number of nitrogen functional groups attached to an aromatic ring is 2. The molecule has 0 saturated carbocycles. The highest BCUT2D eigenvalue weighted by Gasteiger charge is 1.99. The molecule has 0 bridgehead atoms. The topological polar surface area (TPSA) is 52.0 Å². The Morgan fingerprint density at radius 3 is 2.53 bits per heavy atom. The van der Waals surface area contributed by atoms with E-state index in [2.05, 4.69) is 6.58 Å². The van der Waals surface area contributed by atoms with Crippen LogP contribution in [-0.4, -0.2) is 0 Å². The van der Waals surface area contributed by atoms with E-state index in [0.717, 1.165) is 11.1 Å². The fourth-order valence-electron chi connectivity index (χ4n) is 1.29. The van der Waals surface area contributed by atoms with Gasteiger partial charge in [0.2, 0.25) is 0 Å². The molecule has 0 radical (unpaired) electrons. The molecular weight excluding hydrogens is 184 g/mol. The molecule has 2 nitrogen and oxygen atoms in total. The fourth-order valence-corrected chi connectivity index (χ4v) is 1.29. The van der Waals surface area contributed by atoms with Crippen molar-refractivity contribution in [1.82, 2.24) is 0 Å². The first-order valence-electron chi connectivity index (χ1n) is 4.79. The minimum Gasteiger partial charge on any atom is -0.397 e. The van der Waals surface area contributed by atoms with Crippen LogP contribution in [0.1, 0.15) is 12.5 Å². The van der Waals surface area contributed by atoms with Crippen molar-refractivity contribution in [2.45, 2.75) is 6.92 Å². The van der Waals surface area contributed by atoms with Crippen molar-refractivity contribution in [3.63, 3.8) is 0 Å². The summed E-state index contributed by atoms with van der Waals surface area (Å²) in [6.45, 7) is 5.62. The van der Waals surface area contributed by atoms with Crippen LogP contribution in [0, 0.1) is 0 Å². The van der Waals surface area contributed by atoms with E-state index in [9.17, 15) is 0 Å². The molecule has 1 aromatic rings. The van der Waals surface area contributed by atoms with Crippen LogP contribution in [0.4, 0.5) is 11.4 Å². The van der Waals surface area contributed by atoms with Gasteiger partial charge in [-0.15, -0.1) is 0 Å². The third-order valence-corrected chi connectivity index (χ3v) is 2.14. The van der Waals surface area contributed by atoms with Crippen LogP contribution in [-0.2, 0) is 0 Å². The summed E-state index contributed by atoms with van der Waals surface area (Å²) in [5.41, 5.74) is 14.8. The first-order valence-corrected chi connectivity index (χ1v) is 4.79. The summed E-state index contributed by atoms with van der Waals surface area (Å²) in [6.07, 6.45) is 7.63. The SMILES string of the molecule is C=C/C=C\C(=C/C)c1ccc(N)c(N)c1. The van der Waals surface area contributed by atoms with Gasteiger partial charge in [0.05, 0.1) is 11.4 Å². The smallest absolute Gasteiger partial charge is 0.0554 e. The van der Waals surface area contributed by atoms with Gasteiger partial charge in [-0.05, 0) is 30.2 Å². The molecule has 0 unspecified atom stereocenters. The molecule has 0 atom stereocenters. The van der Waals surface area contributed by atoms with Gasteiger partial charge in [0.15, 0.2) is 0 Å². The minimum atomic E-state index is 0.610. The highest BCUT2D eigenvalue weighted by atomic mass is 14.7. The molecule has 0 spiro atoms. The van der Waals surface area contributed by atoms with E-state index in [0.29, 0.717) is 11.4 Å². The van der Waals surface area contributed by atoms with Gasteiger partial charge in [-0.25, -0.2) is 0 Å². The van der Waals surface area contributed by atoms with Crippen LogP contribution in [0.2, 0.25) is 0 Å². The van der Waals surface area contributed by atoms with Gasteiger partial charge in [-0.2, -0.15) is 0 Å². The minimum absolute atomic E-state index is 0.610. The highest BCUT2D eigenvalue weighted by molar-refractivity contribution is 5.78. The molecule has 0 aliphatic heterocycles. The zero-order chi connectivity index (χ0) is 11.3. The van der Waals surface area contributed by atoms with Gasteiger partial charge in [0.25, 0.3) is 0 Å². The fraction of sp³-hybridized carbons (Fsp3) is 0.0769. The molecule has 1 rings (SSSR count). The average Bonchev–Trinajstić information content (AvgIpc) is 2.24. The Bertz CT molecular complexity index is 415. The molecule has 15 heavy (non-hydrogen) atoms. The summed E-state index contributed by atoms with van der Waals surface area (Å²) >= 11 is 0. The van der Waals surface area contributed by atoms with Crippen molar-refractivity contribution in [2.24, 2.45) is 0 Å². The lowest BCUT2D eigenvalue weighted by atomic mass is 10.0. The monoisotopic (exact) mass is 200 g/mol. The summed E-state index contributed by atoms with van der Waals surface area (Å²) in [5.74, 6) is 0. The van der Waals surface area contributed by atoms with Crippen molar-refractivity contribution in [3.8, 4) is 0 Å². The quantitative estimate of drug-likeness (QED) is 0.582. The van der Waals surface area contributed by atoms with Gasteiger partial charge in [-0.1, -0.05) is 36.9 Å². The summed E-state index contributed by atoms with van der Waals surface area (Å²) in [5, 5.41) is 0. The van der Waals surface area contributed by atoms with Crippen molar-refractivity contribution < 1.29 is 0 Å².